The zero-order chi connectivity index (χ0) is 17.7. The second-order valence-electron chi connectivity index (χ2n) is 5.17. The molecule has 128 valence electrons. The van der Waals surface area contributed by atoms with Gasteiger partial charge in [0.25, 0.3) is 5.91 Å². The van der Waals surface area contributed by atoms with Crippen molar-refractivity contribution in [1.29, 1.82) is 0 Å². The molecule has 0 saturated carbocycles. The summed E-state index contributed by atoms with van der Waals surface area (Å²) in [6, 6.07) is 11.0. The van der Waals surface area contributed by atoms with Gasteiger partial charge in [0.15, 0.2) is 11.5 Å². The van der Waals surface area contributed by atoms with Gasteiger partial charge in [-0.25, -0.2) is 0 Å². The Morgan fingerprint density at radius 1 is 1.04 bits per heavy atom. The Hall–Kier alpha value is -2.21. The number of amides is 1. The lowest BCUT2D eigenvalue weighted by atomic mass is 10.1. The number of nitrogens with zero attached hydrogens (tertiary/aromatic N) is 1. The number of methoxy groups -OCH3 is 3. The van der Waals surface area contributed by atoms with Gasteiger partial charge in [0.05, 0.1) is 26.9 Å². The summed E-state index contributed by atoms with van der Waals surface area (Å²) in [6.45, 7) is 0.414. The average molecular weight is 394 g/mol. The highest BCUT2D eigenvalue weighted by atomic mass is 79.9. The van der Waals surface area contributed by atoms with Crippen LogP contribution >= 0.6 is 15.9 Å². The Kier molecular flexibility index (Phi) is 6.09. The molecule has 0 N–H and O–H groups in total. The van der Waals surface area contributed by atoms with Crippen molar-refractivity contribution in [2.45, 2.75) is 6.54 Å². The number of halogens is 1. The van der Waals surface area contributed by atoms with Gasteiger partial charge >= 0.3 is 0 Å². The summed E-state index contributed by atoms with van der Waals surface area (Å²) < 4.78 is 16.8. The van der Waals surface area contributed by atoms with Crippen LogP contribution in [0.4, 0.5) is 0 Å². The molecule has 0 atom stereocenters. The molecule has 0 heterocycles. The number of benzene rings is 2. The van der Waals surface area contributed by atoms with Crippen LogP contribution in [0.15, 0.2) is 40.9 Å². The van der Waals surface area contributed by atoms with E-state index < -0.39 is 0 Å². The zero-order valence-corrected chi connectivity index (χ0v) is 15.7. The van der Waals surface area contributed by atoms with Gasteiger partial charge < -0.3 is 19.1 Å². The molecule has 0 unspecified atom stereocenters. The first-order valence-electron chi connectivity index (χ1n) is 7.30. The lowest BCUT2D eigenvalue weighted by Gasteiger charge is -2.20. The van der Waals surface area contributed by atoms with Crippen LogP contribution in [0.3, 0.4) is 0 Å². The molecule has 5 nitrogen and oxygen atoms in total. The van der Waals surface area contributed by atoms with Gasteiger partial charge in [0.1, 0.15) is 0 Å². The van der Waals surface area contributed by atoms with E-state index in [1.807, 2.05) is 30.3 Å². The Bertz CT molecular complexity index is 708. The highest BCUT2D eigenvalue weighted by Crippen LogP contribution is 2.38. The van der Waals surface area contributed by atoms with E-state index in [2.05, 4.69) is 15.9 Å². The largest absolute Gasteiger partial charge is 0.493 e. The number of hydrogen-bond donors (Lipinski definition) is 0. The maximum Gasteiger partial charge on any atom is 0.255 e. The highest BCUT2D eigenvalue weighted by Gasteiger charge is 2.18. The lowest BCUT2D eigenvalue weighted by Crippen LogP contribution is -2.26. The van der Waals surface area contributed by atoms with E-state index in [0.29, 0.717) is 29.4 Å². The van der Waals surface area contributed by atoms with E-state index in [-0.39, 0.29) is 5.91 Å². The molecule has 0 aromatic heterocycles. The van der Waals surface area contributed by atoms with Gasteiger partial charge in [-0.3, -0.25) is 4.79 Å². The van der Waals surface area contributed by atoms with E-state index in [9.17, 15) is 4.79 Å². The van der Waals surface area contributed by atoms with E-state index in [1.165, 1.54) is 0 Å². The predicted octanol–water partition coefficient (Wildman–Crippen LogP) is 3.75. The molecule has 6 heteroatoms. The van der Waals surface area contributed by atoms with Crippen LogP contribution in [-0.4, -0.2) is 39.2 Å². The molecule has 0 aliphatic carbocycles. The molecule has 2 aromatic carbocycles. The SMILES string of the molecule is COc1cc(CN(C)C(=O)c2ccccc2Br)cc(OC)c1OC. The number of rotatable bonds is 6. The molecular weight excluding hydrogens is 374 g/mol. The molecule has 1 amide bonds. The van der Waals surface area contributed by atoms with Crippen molar-refractivity contribution in [3.05, 3.63) is 52.0 Å². The van der Waals surface area contributed by atoms with Crippen LogP contribution in [0, 0.1) is 0 Å². The first-order chi connectivity index (χ1) is 11.5. The molecule has 24 heavy (non-hydrogen) atoms. The van der Waals surface area contributed by atoms with Gasteiger partial charge in [-0.05, 0) is 45.8 Å². The van der Waals surface area contributed by atoms with Crippen molar-refractivity contribution in [3.63, 3.8) is 0 Å². The Morgan fingerprint density at radius 3 is 2.12 bits per heavy atom. The molecule has 2 aromatic rings. The van der Waals surface area contributed by atoms with E-state index >= 15 is 0 Å². The Labute approximate surface area is 150 Å². The number of ether oxygens (including phenoxy) is 3. The van der Waals surface area contributed by atoms with Crippen LogP contribution in [0.25, 0.3) is 0 Å². The fourth-order valence-corrected chi connectivity index (χ4v) is 2.87. The minimum Gasteiger partial charge on any atom is -0.493 e. The maximum absolute atomic E-state index is 12.6. The third kappa shape index (κ3) is 3.82. The summed E-state index contributed by atoms with van der Waals surface area (Å²) in [5.74, 6) is 1.59. The quantitative estimate of drug-likeness (QED) is 0.749. The molecule has 0 saturated heterocycles. The normalized spacial score (nSPS) is 10.2. The number of carbonyl (C=O) groups is 1. The minimum absolute atomic E-state index is 0.0729. The maximum atomic E-state index is 12.6. The van der Waals surface area contributed by atoms with Gasteiger partial charge in [-0.2, -0.15) is 0 Å². The summed E-state index contributed by atoms with van der Waals surface area (Å²) >= 11 is 3.41. The molecular formula is C18H20BrNO4. The van der Waals surface area contributed by atoms with Crippen molar-refractivity contribution in [1.82, 2.24) is 4.90 Å². The molecule has 0 aliphatic heterocycles. The van der Waals surface area contributed by atoms with Crippen LogP contribution in [0.2, 0.25) is 0 Å². The van der Waals surface area contributed by atoms with E-state index in [0.717, 1.165) is 10.0 Å². The first-order valence-corrected chi connectivity index (χ1v) is 8.10. The fourth-order valence-electron chi connectivity index (χ4n) is 2.41. The Morgan fingerprint density at radius 2 is 1.62 bits per heavy atom. The van der Waals surface area contributed by atoms with Crippen LogP contribution < -0.4 is 14.2 Å². The number of hydrogen-bond acceptors (Lipinski definition) is 4. The topological polar surface area (TPSA) is 48.0 Å². The third-order valence-electron chi connectivity index (χ3n) is 3.60. The van der Waals surface area contributed by atoms with E-state index in [1.54, 1.807) is 39.3 Å². The standard InChI is InChI=1S/C18H20BrNO4/c1-20(18(21)13-7-5-6-8-14(13)19)11-12-9-15(22-2)17(24-4)16(10-12)23-3/h5-10H,11H2,1-4H3. The average Bonchev–Trinajstić information content (AvgIpc) is 2.60. The third-order valence-corrected chi connectivity index (χ3v) is 4.29. The van der Waals surface area contributed by atoms with Crippen molar-refractivity contribution in [2.24, 2.45) is 0 Å². The summed E-state index contributed by atoms with van der Waals surface area (Å²) in [5.41, 5.74) is 1.50. The van der Waals surface area contributed by atoms with Crippen molar-refractivity contribution < 1.29 is 19.0 Å². The van der Waals surface area contributed by atoms with Gasteiger partial charge in [0.2, 0.25) is 5.75 Å². The molecule has 0 aliphatic rings. The number of carbonyl (C=O) groups excluding carboxylic acids is 1. The lowest BCUT2D eigenvalue weighted by molar-refractivity contribution is 0.0784. The molecule has 0 fully saturated rings. The first kappa shape index (κ1) is 18.1. The fraction of sp³-hybridized carbons (Fsp3) is 0.278. The van der Waals surface area contributed by atoms with Crippen molar-refractivity contribution in [3.8, 4) is 17.2 Å². The highest BCUT2D eigenvalue weighted by molar-refractivity contribution is 9.10. The zero-order valence-electron chi connectivity index (χ0n) is 14.1. The molecule has 0 bridgehead atoms. The van der Waals surface area contributed by atoms with E-state index in [4.69, 9.17) is 14.2 Å². The van der Waals surface area contributed by atoms with Crippen LogP contribution in [-0.2, 0) is 6.54 Å². The van der Waals surface area contributed by atoms with Crippen LogP contribution in [0.1, 0.15) is 15.9 Å². The predicted molar refractivity (Wildman–Crippen MR) is 96.0 cm³/mol. The molecule has 0 spiro atoms. The molecule has 0 radical (unpaired) electrons. The molecule has 2 rings (SSSR count). The Balaban J connectivity index is 2.27. The van der Waals surface area contributed by atoms with Gasteiger partial charge in [0, 0.05) is 18.1 Å². The summed E-state index contributed by atoms with van der Waals surface area (Å²) in [7, 11) is 6.45. The minimum atomic E-state index is -0.0729. The van der Waals surface area contributed by atoms with Gasteiger partial charge in [-0.15, -0.1) is 0 Å². The van der Waals surface area contributed by atoms with Crippen molar-refractivity contribution in [2.75, 3.05) is 28.4 Å². The smallest absolute Gasteiger partial charge is 0.255 e. The second kappa shape index (κ2) is 8.06. The summed E-state index contributed by atoms with van der Waals surface area (Å²) in [4.78, 5) is 14.3. The van der Waals surface area contributed by atoms with Crippen LogP contribution in [0.5, 0.6) is 17.2 Å². The monoisotopic (exact) mass is 393 g/mol. The van der Waals surface area contributed by atoms with Gasteiger partial charge in [-0.1, -0.05) is 12.1 Å². The summed E-state index contributed by atoms with van der Waals surface area (Å²) in [6.07, 6.45) is 0. The second-order valence-corrected chi connectivity index (χ2v) is 6.03. The van der Waals surface area contributed by atoms with Crippen molar-refractivity contribution >= 4 is 21.8 Å². The summed E-state index contributed by atoms with van der Waals surface area (Å²) in [5, 5.41) is 0.